The Morgan fingerprint density at radius 1 is 1.27 bits per heavy atom. The van der Waals surface area contributed by atoms with Crippen molar-refractivity contribution in [3.8, 4) is 0 Å². The molecule has 0 saturated carbocycles. The Morgan fingerprint density at radius 3 is 2.45 bits per heavy atom. The number of hydrogen-bond acceptors (Lipinski definition) is 3. The molecule has 1 aromatic rings. The normalized spacial score (nSPS) is 9.82. The fourth-order valence-electron chi connectivity index (χ4n) is 0.838. The first-order valence-electron chi connectivity index (χ1n) is 3.33. The maximum absolute atomic E-state index is 5.81. The molecule has 0 saturated heterocycles. The highest BCUT2D eigenvalue weighted by Gasteiger charge is 2.04. The van der Waals surface area contributed by atoms with Crippen LogP contribution in [0.25, 0.3) is 0 Å². The summed E-state index contributed by atoms with van der Waals surface area (Å²) in [6, 6.07) is 0. The number of anilines is 1. The van der Waals surface area contributed by atoms with Crippen molar-refractivity contribution < 1.29 is 0 Å². The molecule has 0 aliphatic rings. The summed E-state index contributed by atoms with van der Waals surface area (Å²) in [7, 11) is 1.81. The molecule has 1 N–H and O–H groups in total. The number of rotatable bonds is 1. The highest BCUT2D eigenvalue weighted by Crippen LogP contribution is 2.18. The molecule has 0 aliphatic carbocycles. The molecule has 1 aromatic heterocycles. The molecule has 1 rings (SSSR count). The van der Waals surface area contributed by atoms with Gasteiger partial charge >= 0.3 is 0 Å². The van der Waals surface area contributed by atoms with Gasteiger partial charge in [-0.05, 0) is 13.8 Å². The van der Waals surface area contributed by atoms with E-state index in [9.17, 15) is 0 Å². The molecule has 1 heterocycles. The molecule has 11 heavy (non-hydrogen) atoms. The minimum atomic E-state index is 0.516. The second-order valence-electron chi connectivity index (χ2n) is 2.29. The molecular weight excluding hydrogens is 162 g/mol. The molecule has 0 fully saturated rings. The molecule has 0 atom stereocenters. The number of halogens is 1. The number of nitrogens with one attached hydrogen (secondary N) is 1. The smallest absolute Gasteiger partial charge is 0.137 e. The maximum atomic E-state index is 5.81. The SMILES string of the molecule is CNc1nc(C)nc(Cl)c1C. The van der Waals surface area contributed by atoms with Crippen molar-refractivity contribution in [3.63, 3.8) is 0 Å². The molecule has 60 valence electrons. The lowest BCUT2D eigenvalue weighted by atomic mass is 10.3. The number of aryl methyl sites for hydroxylation is 1. The van der Waals surface area contributed by atoms with Crippen LogP contribution in [0.15, 0.2) is 0 Å². The zero-order valence-electron chi connectivity index (χ0n) is 6.77. The van der Waals surface area contributed by atoms with Crippen molar-refractivity contribution in [2.75, 3.05) is 12.4 Å². The number of hydrogen-bond donors (Lipinski definition) is 1. The second kappa shape index (κ2) is 3.05. The molecule has 0 unspecified atom stereocenters. The van der Waals surface area contributed by atoms with E-state index in [1.165, 1.54) is 0 Å². The van der Waals surface area contributed by atoms with Crippen LogP contribution in [0.3, 0.4) is 0 Å². The van der Waals surface area contributed by atoms with E-state index in [1.807, 2.05) is 20.9 Å². The van der Waals surface area contributed by atoms with Crippen molar-refractivity contribution in [2.24, 2.45) is 0 Å². The third-order valence-corrected chi connectivity index (χ3v) is 1.80. The van der Waals surface area contributed by atoms with Crippen LogP contribution in [0.1, 0.15) is 11.4 Å². The molecule has 0 spiro atoms. The quantitative estimate of drug-likeness (QED) is 0.655. The van der Waals surface area contributed by atoms with Crippen LogP contribution in [-0.2, 0) is 0 Å². The fraction of sp³-hybridized carbons (Fsp3) is 0.429. The summed E-state index contributed by atoms with van der Waals surface area (Å²) < 4.78 is 0. The van der Waals surface area contributed by atoms with E-state index in [0.717, 1.165) is 11.4 Å². The van der Waals surface area contributed by atoms with Crippen LogP contribution in [0.5, 0.6) is 0 Å². The number of nitrogens with zero attached hydrogens (tertiary/aromatic N) is 2. The zero-order chi connectivity index (χ0) is 8.43. The van der Waals surface area contributed by atoms with Gasteiger partial charge in [-0.3, -0.25) is 0 Å². The van der Waals surface area contributed by atoms with Gasteiger partial charge < -0.3 is 5.32 Å². The van der Waals surface area contributed by atoms with Gasteiger partial charge in [-0.1, -0.05) is 11.6 Å². The van der Waals surface area contributed by atoms with Crippen LogP contribution < -0.4 is 5.32 Å². The van der Waals surface area contributed by atoms with Crippen LogP contribution in [0.4, 0.5) is 5.82 Å². The van der Waals surface area contributed by atoms with Gasteiger partial charge in [0.2, 0.25) is 0 Å². The van der Waals surface area contributed by atoms with Crippen molar-refractivity contribution in [3.05, 3.63) is 16.5 Å². The lowest BCUT2D eigenvalue weighted by Gasteiger charge is -2.05. The van der Waals surface area contributed by atoms with Gasteiger partial charge in [-0.15, -0.1) is 0 Å². The molecule has 0 amide bonds. The summed E-state index contributed by atoms with van der Waals surface area (Å²) in [6.07, 6.45) is 0. The summed E-state index contributed by atoms with van der Waals surface area (Å²) in [5.41, 5.74) is 0.889. The Hall–Kier alpha value is -0.830. The van der Waals surface area contributed by atoms with Crippen LogP contribution >= 0.6 is 11.6 Å². The van der Waals surface area contributed by atoms with Crippen molar-refractivity contribution >= 4 is 17.4 Å². The summed E-state index contributed by atoms with van der Waals surface area (Å²) in [5, 5.41) is 3.46. The van der Waals surface area contributed by atoms with E-state index < -0.39 is 0 Å². The average Bonchev–Trinajstić information content (AvgIpc) is 1.96. The van der Waals surface area contributed by atoms with Crippen LogP contribution in [-0.4, -0.2) is 17.0 Å². The molecule has 0 radical (unpaired) electrons. The van der Waals surface area contributed by atoms with Crippen LogP contribution in [0, 0.1) is 13.8 Å². The van der Waals surface area contributed by atoms with Crippen LogP contribution in [0.2, 0.25) is 5.15 Å². The second-order valence-corrected chi connectivity index (χ2v) is 2.64. The first-order valence-corrected chi connectivity index (χ1v) is 3.71. The van der Waals surface area contributed by atoms with Gasteiger partial charge in [0.15, 0.2) is 0 Å². The third kappa shape index (κ3) is 1.60. The fourth-order valence-corrected chi connectivity index (χ4v) is 1.05. The molecule has 0 aromatic carbocycles. The van der Waals surface area contributed by atoms with Gasteiger partial charge in [-0.25, -0.2) is 9.97 Å². The predicted molar refractivity (Wildman–Crippen MR) is 46.1 cm³/mol. The maximum Gasteiger partial charge on any atom is 0.137 e. The lowest BCUT2D eigenvalue weighted by molar-refractivity contribution is 1.03. The monoisotopic (exact) mass is 171 g/mol. The molecule has 3 nitrogen and oxygen atoms in total. The first kappa shape index (κ1) is 8.27. The van der Waals surface area contributed by atoms with E-state index in [4.69, 9.17) is 11.6 Å². The van der Waals surface area contributed by atoms with Gasteiger partial charge in [0.25, 0.3) is 0 Å². The predicted octanol–water partition coefficient (Wildman–Crippen LogP) is 1.79. The van der Waals surface area contributed by atoms with Crippen molar-refractivity contribution in [1.82, 2.24) is 9.97 Å². The van der Waals surface area contributed by atoms with Gasteiger partial charge in [-0.2, -0.15) is 0 Å². The van der Waals surface area contributed by atoms with Crippen molar-refractivity contribution in [2.45, 2.75) is 13.8 Å². The zero-order valence-corrected chi connectivity index (χ0v) is 7.53. The molecular formula is C7H10ClN3. The molecule has 4 heteroatoms. The first-order chi connectivity index (χ1) is 5.15. The standard InChI is InChI=1S/C7H10ClN3/c1-4-6(8)10-5(2)11-7(4)9-3/h1-3H3,(H,9,10,11). The van der Waals surface area contributed by atoms with E-state index in [-0.39, 0.29) is 0 Å². The Labute approximate surface area is 70.8 Å². The average molecular weight is 172 g/mol. The van der Waals surface area contributed by atoms with Crippen molar-refractivity contribution in [1.29, 1.82) is 0 Å². The number of aromatic nitrogens is 2. The van der Waals surface area contributed by atoms with E-state index in [1.54, 1.807) is 0 Å². The Bertz CT molecular complexity index is 273. The Balaban J connectivity index is 3.24. The summed E-state index contributed by atoms with van der Waals surface area (Å²) >= 11 is 5.81. The summed E-state index contributed by atoms with van der Waals surface area (Å²) in [5.74, 6) is 1.48. The lowest BCUT2D eigenvalue weighted by Crippen LogP contribution is -2.00. The molecule has 0 aliphatic heterocycles. The van der Waals surface area contributed by atoms with E-state index in [0.29, 0.717) is 11.0 Å². The Kier molecular flexibility index (Phi) is 2.29. The van der Waals surface area contributed by atoms with E-state index in [2.05, 4.69) is 15.3 Å². The van der Waals surface area contributed by atoms with E-state index >= 15 is 0 Å². The summed E-state index contributed by atoms with van der Waals surface area (Å²) in [6.45, 7) is 3.69. The highest BCUT2D eigenvalue weighted by molar-refractivity contribution is 6.30. The highest BCUT2D eigenvalue weighted by atomic mass is 35.5. The largest absolute Gasteiger partial charge is 0.373 e. The summed E-state index contributed by atoms with van der Waals surface area (Å²) in [4.78, 5) is 8.14. The Morgan fingerprint density at radius 2 is 1.91 bits per heavy atom. The minimum absolute atomic E-state index is 0.516. The molecule has 0 bridgehead atoms. The van der Waals surface area contributed by atoms with Gasteiger partial charge in [0.05, 0.1) is 0 Å². The minimum Gasteiger partial charge on any atom is -0.373 e. The topological polar surface area (TPSA) is 37.8 Å². The van der Waals surface area contributed by atoms with Gasteiger partial charge in [0, 0.05) is 12.6 Å². The third-order valence-electron chi connectivity index (χ3n) is 1.44. The van der Waals surface area contributed by atoms with Gasteiger partial charge in [0.1, 0.15) is 16.8 Å².